The van der Waals surface area contributed by atoms with Gasteiger partial charge in [-0.3, -0.25) is 0 Å². The SMILES string of the molecule is OC(CCl)CNc1cc2ocnc2cc1Cl. The molecule has 0 fully saturated rings. The zero-order chi connectivity index (χ0) is 11.5. The molecule has 0 aliphatic rings. The molecule has 0 amide bonds. The third-order valence-electron chi connectivity index (χ3n) is 2.13. The Kier molecular flexibility index (Phi) is 3.53. The monoisotopic (exact) mass is 260 g/mol. The number of hydrogen-bond acceptors (Lipinski definition) is 4. The van der Waals surface area contributed by atoms with Gasteiger partial charge in [-0.1, -0.05) is 11.6 Å². The van der Waals surface area contributed by atoms with Crippen molar-refractivity contribution in [2.75, 3.05) is 17.7 Å². The van der Waals surface area contributed by atoms with Crippen LogP contribution >= 0.6 is 23.2 Å². The number of aliphatic hydroxyl groups is 1. The van der Waals surface area contributed by atoms with E-state index in [0.29, 0.717) is 28.4 Å². The maximum Gasteiger partial charge on any atom is 0.181 e. The number of nitrogens with zero attached hydrogens (tertiary/aromatic N) is 1. The van der Waals surface area contributed by atoms with Crippen molar-refractivity contribution in [3.63, 3.8) is 0 Å². The van der Waals surface area contributed by atoms with Crippen molar-refractivity contribution in [2.45, 2.75) is 6.10 Å². The van der Waals surface area contributed by atoms with Gasteiger partial charge in [0.2, 0.25) is 0 Å². The van der Waals surface area contributed by atoms with E-state index in [1.807, 2.05) is 0 Å². The molecule has 0 aliphatic heterocycles. The predicted molar refractivity (Wildman–Crippen MR) is 64.2 cm³/mol. The van der Waals surface area contributed by atoms with Crippen molar-refractivity contribution in [3.05, 3.63) is 23.5 Å². The lowest BCUT2D eigenvalue weighted by Gasteiger charge is -2.10. The maximum atomic E-state index is 9.31. The molecule has 2 aromatic rings. The van der Waals surface area contributed by atoms with E-state index in [9.17, 15) is 5.11 Å². The first-order valence-corrected chi connectivity index (χ1v) is 5.62. The van der Waals surface area contributed by atoms with Crippen LogP contribution in [0.1, 0.15) is 0 Å². The van der Waals surface area contributed by atoms with Crippen molar-refractivity contribution < 1.29 is 9.52 Å². The van der Waals surface area contributed by atoms with E-state index in [4.69, 9.17) is 27.6 Å². The van der Waals surface area contributed by atoms with Gasteiger partial charge in [-0.05, 0) is 6.07 Å². The Labute approximate surface area is 102 Å². The van der Waals surface area contributed by atoms with Crippen molar-refractivity contribution in [2.24, 2.45) is 0 Å². The minimum absolute atomic E-state index is 0.176. The molecule has 1 heterocycles. The van der Waals surface area contributed by atoms with Gasteiger partial charge in [0.15, 0.2) is 12.0 Å². The molecule has 1 aromatic heterocycles. The van der Waals surface area contributed by atoms with E-state index in [1.54, 1.807) is 12.1 Å². The predicted octanol–water partition coefficient (Wildman–Crippen LogP) is 2.49. The maximum absolute atomic E-state index is 9.31. The number of nitrogens with one attached hydrogen (secondary N) is 1. The summed E-state index contributed by atoms with van der Waals surface area (Å²) in [4.78, 5) is 3.98. The molecule has 6 heteroatoms. The quantitative estimate of drug-likeness (QED) is 0.830. The molecule has 4 nitrogen and oxygen atoms in total. The Bertz CT molecular complexity index is 487. The smallest absolute Gasteiger partial charge is 0.181 e. The molecule has 1 aromatic carbocycles. The molecule has 2 rings (SSSR count). The van der Waals surface area contributed by atoms with Crippen LogP contribution in [0, 0.1) is 0 Å². The fourth-order valence-corrected chi connectivity index (χ4v) is 1.63. The van der Waals surface area contributed by atoms with Gasteiger partial charge >= 0.3 is 0 Å². The number of hydrogen-bond donors (Lipinski definition) is 2. The molecule has 0 radical (unpaired) electrons. The van der Waals surface area contributed by atoms with Crippen LogP contribution in [-0.2, 0) is 0 Å². The molecule has 0 saturated heterocycles. The molecule has 0 aliphatic carbocycles. The van der Waals surface area contributed by atoms with Gasteiger partial charge < -0.3 is 14.8 Å². The van der Waals surface area contributed by atoms with Crippen LogP contribution in [0.15, 0.2) is 22.9 Å². The third kappa shape index (κ3) is 2.40. The summed E-state index contributed by atoms with van der Waals surface area (Å²) in [5, 5.41) is 12.8. The lowest BCUT2D eigenvalue weighted by Crippen LogP contribution is -2.20. The average molecular weight is 261 g/mol. The second-order valence-corrected chi connectivity index (χ2v) is 4.06. The van der Waals surface area contributed by atoms with Gasteiger partial charge in [-0.2, -0.15) is 0 Å². The molecule has 0 spiro atoms. The number of oxazole rings is 1. The van der Waals surface area contributed by atoms with Gasteiger partial charge in [-0.25, -0.2) is 4.98 Å². The highest BCUT2D eigenvalue weighted by molar-refractivity contribution is 6.34. The molecular formula is C10H10Cl2N2O2. The summed E-state index contributed by atoms with van der Waals surface area (Å²) in [5.41, 5.74) is 2.04. The van der Waals surface area contributed by atoms with Crippen LogP contribution in [0.25, 0.3) is 11.1 Å². The van der Waals surface area contributed by atoms with Crippen LogP contribution in [0.5, 0.6) is 0 Å². The summed E-state index contributed by atoms with van der Waals surface area (Å²) in [7, 11) is 0. The number of benzene rings is 1. The average Bonchev–Trinajstić information content (AvgIpc) is 2.72. The van der Waals surface area contributed by atoms with Crippen LogP contribution in [0.2, 0.25) is 5.02 Å². The lowest BCUT2D eigenvalue weighted by atomic mass is 10.2. The second-order valence-electron chi connectivity index (χ2n) is 3.34. The van der Waals surface area contributed by atoms with Crippen LogP contribution in [-0.4, -0.2) is 28.6 Å². The Morgan fingerprint density at radius 3 is 3.06 bits per heavy atom. The molecule has 1 unspecified atom stereocenters. The van der Waals surface area contributed by atoms with Crippen molar-refractivity contribution in [1.29, 1.82) is 0 Å². The van der Waals surface area contributed by atoms with Crippen LogP contribution in [0.3, 0.4) is 0 Å². The standard InChI is InChI=1S/C10H10Cl2N2O2/c11-3-6(15)4-13-8-2-10-9(1-7(8)12)14-5-16-10/h1-2,5-6,13,15H,3-4H2. The Balaban J connectivity index is 2.19. The van der Waals surface area contributed by atoms with E-state index >= 15 is 0 Å². The summed E-state index contributed by atoms with van der Waals surface area (Å²) >= 11 is 11.5. The third-order valence-corrected chi connectivity index (χ3v) is 2.80. The Hall–Kier alpha value is -0.970. The second kappa shape index (κ2) is 4.91. The minimum atomic E-state index is -0.608. The van der Waals surface area contributed by atoms with Crippen LogP contribution < -0.4 is 5.32 Å². The molecule has 0 saturated carbocycles. The van der Waals surface area contributed by atoms with Gasteiger partial charge in [0.25, 0.3) is 0 Å². The Morgan fingerprint density at radius 2 is 2.31 bits per heavy atom. The highest BCUT2D eigenvalue weighted by Gasteiger charge is 2.08. The number of aliphatic hydroxyl groups excluding tert-OH is 1. The van der Waals surface area contributed by atoms with Crippen LogP contribution in [0.4, 0.5) is 5.69 Å². The van der Waals surface area contributed by atoms with E-state index in [0.717, 1.165) is 0 Å². The van der Waals surface area contributed by atoms with E-state index < -0.39 is 6.10 Å². The Morgan fingerprint density at radius 1 is 1.50 bits per heavy atom. The van der Waals surface area contributed by atoms with Crippen molar-refractivity contribution in [1.82, 2.24) is 4.98 Å². The largest absolute Gasteiger partial charge is 0.443 e. The fourth-order valence-electron chi connectivity index (χ4n) is 1.30. The van der Waals surface area contributed by atoms with E-state index in [-0.39, 0.29) is 5.88 Å². The normalized spacial score (nSPS) is 12.9. The fraction of sp³-hybridized carbons (Fsp3) is 0.300. The van der Waals surface area contributed by atoms with Gasteiger partial charge in [0, 0.05) is 12.6 Å². The lowest BCUT2D eigenvalue weighted by molar-refractivity contribution is 0.211. The summed E-state index contributed by atoms with van der Waals surface area (Å²) in [5.74, 6) is 0.176. The number of alkyl halides is 1. The van der Waals surface area contributed by atoms with Crippen molar-refractivity contribution in [3.8, 4) is 0 Å². The van der Waals surface area contributed by atoms with Gasteiger partial charge in [-0.15, -0.1) is 11.6 Å². The summed E-state index contributed by atoms with van der Waals surface area (Å²) in [6.07, 6.45) is 0.751. The molecule has 16 heavy (non-hydrogen) atoms. The van der Waals surface area contributed by atoms with Gasteiger partial charge in [0.05, 0.1) is 22.7 Å². The first-order chi connectivity index (χ1) is 7.70. The molecule has 86 valence electrons. The first-order valence-electron chi connectivity index (χ1n) is 4.71. The number of anilines is 1. The summed E-state index contributed by atoms with van der Waals surface area (Å²) in [6.45, 7) is 0.336. The number of aromatic nitrogens is 1. The topological polar surface area (TPSA) is 58.3 Å². The number of halogens is 2. The zero-order valence-electron chi connectivity index (χ0n) is 8.28. The summed E-state index contributed by atoms with van der Waals surface area (Å²) < 4.78 is 5.15. The molecular weight excluding hydrogens is 251 g/mol. The van der Waals surface area contributed by atoms with E-state index in [1.165, 1.54) is 6.39 Å². The zero-order valence-corrected chi connectivity index (χ0v) is 9.79. The van der Waals surface area contributed by atoms with Gasteiger partial charge in [0.1, 0.15) is 5.52 Å². The number of fused-ring (bicyclic) bond motifs is 1. The van der Waals surface area contributed by atoms with Crippen molar-refractivity contribution >= 4 is 40.0 Å². The molecule has 1 atom stereocenters. The highest BCUT2D eigenvalue weighted by Crippen LogP contribution is 2.27. The van der Waals surface area contributed by atoms with E-state index in [2.05, 4.69) is 10.3 Å². The first kappa shape index (κ1) is 11.5. The highest BCUT2D eigenvalue weighted by atomic mass is 35.5. The minimum Gasteiger partial charge on any atom is -0.443 e. The number of rotatable bonds is 4. The summed E-state index contributed by atoms with van der Waals surface area (Å²) in [6, 6.07) is 3.45. The molecule has 2 N–H and O–H groups in total. The molecule has 0 bridgehead atoms.